The normalized spacial score (nSPS) is 13.9. The van der Waals surface area contributed by atoms with E-state index >= 15 is 0 Å². The summed E-state index contributed by atoms with van der Waals surface area (Å²) in [6.45, 7) is 0.273. The number of halogens is 6. The summed E-state index contributed by atoms with van der Waals surface area (Å²) in [7, 11) is 0. The van der Waals surface area contributed by atoms with Crippen molar-refractivity contribution in [2.24, 2.45) is 0 Å². The molecule has 11 heteroatoms. The number of hydrogen-bond donors (Lipinski definition) is 1. The monoisotopic (exact) mass is 483 g/mol. The number of aromatic nitrogens is 2. The second kappa shape index (κ2) is 9.03. The lowest BCUT2D eigenvalue weighted by molar-refractivity contribution is -0.137. The number of H-pyrrole nitrogens is 1. The molecule has 34 heavy (non-hydrogen) atoms. The van der Waals surface area contributed by atoms with Gasteiger partial charge < -0.3 is 9.64 Å². The summed E-state index contributed by atoms with van der Waals surface area (Å²) < 4.78 is 81.3. The number of nitrogens with zero attached hydrogens (tertiary/aromatic N) is 2. The molecular weight excluding hydrogens is 464 g/mol. The van der Waals surface area contributed by atoms with Crippen LogP contribution in [0.3, 0.4) is 0 Å². The van der Waals surface area contributed by atoms with E-state index in [0.717, 1.165) is 12.1 Å². The van der Waals surface area contributed by atoms with Crippen LogP contribution >= 0.6 is 0 Å². The molecule has 5 nitrogen and oxygen atoms in total. The van der Waals surface area contributed by atoms with E-state index in [0.29, 0.717) is 33.7 Å². The van der Waals surface area contributed by atoms with Gasteiger partial charge in [0, 0.05) is 30.6 Å². The van der Waals surface area contributed by atoms with Crippen LogP contribution in [-0.2, 0) is 19.3 Å². The molecule has 1 aliphatic heterocycles. The van der Waals surface area contributed by atoms with E-state index < -0.39 is 24.3 Å². The number of carbonyl (C=O) groups is 1. The van der Waals surface area contributed by atoms with E-state index in [9.17, 15) is 31.1 Å². The molecular formula is C23H19F6N3O2. The summed E-state index contributed by atoms with van der Waals surface area (Å²) in [6.07, 6.45) is -8.30. The molecule has 1 N–H and O–H groups in total. The number of amides is 1. The Morgan fingerprint density at radius 3 is 2.44 bits per heavy atom. The van der Waals surface area contributed by atoms with Gasteiger partial charge >= 0.3 is 12.4 Å². The van der Waals surface area contributed by atoms with Crippen molar-refractivity contribution in [1.29, 1.82) is 0 Å². The Balaban J connectivity index is 1.40. The molecule has 180 valence electrons. The van der Waals surface area contributed by atoms with E-state index in [-0.39, 0.29) is 32.0 Å². The van der Waals surface area contributed by atoms with Gasteiger partial charge in [0.15, 0.2) is 0 Å². The van der Waals surface area contributed by atoms with Gasteiger partial charge in [-0.2, -0.15) is 31.4 Å². The Labute approximate surface area is 190 Å². The van der Waals surface area contributed by atoms with Crippen molar-refractivity contribution in [3.63, 3.8) is 0 Å². The number of benzene rings is 2. The molecule has 3 aromatic rings. The average Bonchev–Trinajstić information content (AvgIpc) is 3.35. The predicted molar refractivity (Wildman–Crippen MR) is 110 cm³/mol. The number of carbonyl (C=O) groups excluding carboxylic acids is 1. The van der Waals surface area contributed by atoms with Crippen LogP contribution in [0.2, 0.25) is 0 Å². The molecule has 1 aliphatic rings. The van der Waals surface area contributed by atoms with Crippen LogP contribution in [0.5, 0.6) is 5.75 Å². The molecule has 0 radical (unpaired) electrons. The minimum Gasteiger partial charge on any atom is -0.489 e. The lowest BCUT2D eigenvalue weighted by Gasteiger charge is -2.15. The van der Waals surface area contributed by atoms with Gasteiger partial charge in [-0.25, -0.2) is 0 Å². The smallest absolute Gasteiger partial charge is 0.416 e. The van der Waals surface area contributed by atoms with E-state index in [1.807, 2.05) is 0 Å². The van der Waals surface area contributed by atoms with Gasteiger partial charge in [0.1, 0.15) is 12.4 Å². The summed E-state index contributed by atoms with van der Waals surface area (Å²) in [5.74, 6) is 0.131. The Kier molecular flexibility index (Phi) is 6.28. The minimum absolute atomic E-state index is 0.00865. The Morgan fingerprint density at radius 1 is 1.03 bits per heavy atom. The summed E-state index contributed by atoms with van der Waals surface area (Å²) >= 11 is 0. The highest BCUT2D eigenvalue weighted by Crippen LogP contribution is 2.32. The van der Waals surface area contributed by atoms with Crippen molar-refractivity contribution in [2.75, 3.05) is 6.54 Å². The number of aromatic amines is 1. The fraction of sp³-hybridized carbons (Fsp3) is 0.304. The fourth-order valence-electron chi connectivity index (χ4n) is 3.76. The third-order valence-electron chi connectivity index (χ3n) is 5.46. The maximum Gasteiger partial charge on any atom is 0.416 e. The molecule has 0 aliphatic carbocycles. The van der Waals surface area contributed by atoms with Crippen molar-refractivity contribution in [3.8, 4) is 17.0 Å². The largest absolute Gasteiger partial charge is 0.489 e. The number of nitrogens with one attached hydrogen (secondary N) is 1. The number of ether oxygens (including phenoxy) is 1. The fourth-order valence-corrected chi connectivity index (χ4v) is 3.76. The quantitative estimate of drug-likeness (QED) is 0.421. The van der Waals surface area contributed by atoms with Crippen molar-refractivity contribution in [3.05, 3.63) is 70.9 Å². The lowest BCUT2D eigenvalue weighted by atomic mass is 10.1. The van der Waals surface area contributed by atoms with E-state index in [1.165, 1.54) is 23.2 Å². The SMILES string of the molecule is O=C1c2ccc(OCc3cn[nH]c3-c3ccc(C(F)(F)F)cc3)cc2CN1CCCC(F)(F)F. The molecule has 0 atom stereocenters. The minimum atomic E-state index is -4.43. The first-order valence-corrected chi connectivity index (χ1v) is 10.3. The molecule has 2 aromatic carbocycles. The third kappa shape index (κ3) is 5.35. The van der Waals surface area contributed by atoms with Crippen LogP contribution < -0.4 is 4.74 Å². The second-order valence-electron chi connectivity index (χ2n) is 7.90. The highest BCUT2D eigenvalue weighted by molar-refractivity contribution is 5.98. The van der Waals surface area contributed by atoms with Gasteiger partial charge in [-0.05, 0) is 47.9 Å². The zero-order valence-electron chi connectivity index (χ0n) is 17.6. The predicted octanol–water partition coefficient (Wildman–Crippen LogP) is 5.97. The zero-order valence-corrected chi connectivity index (χ0v) is 17.6. The van der Waals surface area contributed by atoms with Gasteiger partial charge in [-0.1, -0.05) is 12.1 Å². The van der Waals surface area contributed by atoms with Crippen LogP contribution in [0.4, 0.5) is 26.3 Å². The molecule has 0 fully saturated rings. The van der Waals surface area contributed by atoms with Gasteiger partial charge in [0.2, 0.25) is 0 Å². The first-order chi connectivity index (χ1) is 16.0. The maximum atomic E-state index is 12.8. The van der Waals surface area contributed by atoms with E-state index in [4.69, 9.17) is 4.74 Å². The van der Waals surface area contributed by atoms with Gasteiger partial charge in [0.25, 0.3) is 5.91 Å². The Hall–Kier alpha value is -3.50. The third-order valence-corrected chi connectivity index (χ3v) is 5.46. The van der Waals surface area contributed by atoms with Gasteiger partial charge in [-0.3, -0.25) is 9.89 Å². The molecule has 4 rings (SSSR count). The molecule has 0 bridgehead atoms. The zero-order chi connectivity index (χ0) is 24.5. The Bertz CT molecular complexity index is 1170. The lowest BCUT2D eigenvalue weighted by Crippen LogP contribution is -2.26. The second-order valence-corrected chi connectivity index (χ2v) is 7.90. The Morgan fingerprint density at radius 2 is 1.76 bits per heavy atom. The van der Waals surface area contributed by atoms with Crippen molar-refractivity contribution in [2.45, 2.75) is 38.3 Å². The van der Waals surface area contributed by atoms with E-state index in [2.05, 4.69) is 10.2 Å². The van der Waals surface area contributed by atoms with E-state index in [1.54, 1.807) is 18.2 Å². The summed E-state index contributed by atoms with van der Waals surface area (Å²) in [5.41, 5.74) is 1.97. The van der Waals surface area contributed by atoms with Gasteiger partial charge in [-0.15, -0.1) is 0 Å². The topological polar surface area (TPSA) is 58.2 Å². The highest BCUT2D eigenvalue weighted by atomic mass is 19.4. The average molecular weight is 483 g/mol. The summed E-state index contributed by atoms with van der Waals surface area (Å²) in [4.78, 5) is 13.8. The van der Waals surface area contributed by atoms with Crippen molar-refractivity contribution < 1.29 is 35.9 Å². The highest BCUT2D eigenvalue weighted by Gasteiger charge is 2.31. The van der Waals surface area contributed by atoms with Crippen molar-refractivity contribution >= 4 is 5.91 Å². The van der Waals surface area contributed by atoms with Crippen LogP contribution in [-0.4, -0.2) is 33.7 Å². The van der Waals surface area contributed by atoms with Crippen LogP contribution in [0.25, 0.3) is 11.3 Å². The first kappa shape index (κ1) is 23.7. The summed E-state index contributed by atoms with van der Waals surface area (Å²) in [6, 6.07) is 9.48. The molecule has 1 aromatic heterocycles. The number of hydrogen-bond acceptors (Lipinski definition) is 3. The number of alkyl halides is 6. The maximum absolute atomic E-state index is 12.8. The standard InChI is InChI=1S/C23H19F6N3O2/c24-22(25,26)8-1-9-32-12-15-10-18(6-7-19(15)21(32)33)34-13-16-11-30-31-20(16)14-2-4-17(5-3-14)23(27,28)29/h2-7,10-11H,1,8-9,12-13H2,(H,30,31). The molecule has 0 spiro atoms. The molecule has 1 amide bonds. The summed E-state index contributed by atoms with van der Waals surface area (Å²) in [5, 5.41) is 6.70. The number of rotatable bonds is 7. The molecule has 0 saturated carbocycles. The van der Waals surface area contributed by atoms with Gasteiger partial charge in [0.05, 0.1) is 17.5 Å². The molecule has 2 heterocycles. The molecule has 0 unspecified atom stereocenters. The van der Waals surface area contributed by atoms with Crippen molar-refractivity contribution in [1.82, 2.24) is 15.1 Å². The van der Waals surface area contributed by atoms with Crippen LogP contribution in [0.1, 0.15) is 39.9 Å². The van der Waals surface area contributed by atoms with Crippen LogP contribution in [0.15, 0.2) is 48.7 Å². The first-order valence-electron chi connectivity index (χ1n) is 10.3. The number of fused-ring (bicyclic) bond motifs is 1. The van der Waals surface area contributed by atoms with Crippen LogP contribution in [0, 0.1) is 0 Å². The molecule has 0 saturated heterocycles.